The summed E-state index contributed by atoms with van der Waals surface area (Å²) in [4.78, 5) is 0. The molecule has 0 spiro atoms. The average molecular weight is 316 g/mol. The zero-order valence-electron chi connectivity index (χ0n) is 12.5. The molecule has 2 N–H and O–H groups in total. The van der Waals surface area contributed by atoms with Crippen LogP contribution in [0.1, 0.15) is 5.56 Å². The van der Waals surface area contributed by atoms with E-state index in [9.17, 15) is 0 Å². The van der Waals surface area contributed by atoms with E-state index in [1.165, 1.54) is 10.8 Å². The maximum absolute atomic E-state index is 5.30. The van der Waals surface area contributed by atoms with Crippen molar-refractivity contribution in [2.24, 2.45) is 0 Å². The molecule has 0 fully saturated rings. The van der Waals surface area contributed by atoms with Crippen LogP contribution in [0.25, 0.3) is 10.8 Å². The molecule has 0 amide bonds. The van der Waals surface area contributed by atoms with Gasteiger partial charge in [0.2, 0.25) is 0 Å². The maximum Gasteiger partial charge on any atom is 0.171 e. The van der Waals surface area contributed by atoms with Crippen LogP contribution >= 0.6 is 12.2 Å². The minimum absolute atomic E-state index is 0.508. The number of rotatable bonds is 2. The second-order valence-electron chi connectivity index (χ2n) is 5.04. The molecule has 3 rings (SSSR count). The SMILES string of the molecule is S=C(NCC#Cc1ccccc1)Nc1ccc2ccccc2c1. The molecule has 0 aliphatic carbocycles. The second kappa shape index (κ2) is 7.44. The summed E-state index contributed by atoms with van der Waals surface area (Å²) in [6.45, 7) is 0.508. The Balaban J connectivity index is 1.55. The molecule has 0 bridgehead atoms. The first kappa shape index (κ1) is 15.1. The van der Waals surface area contributed by atoms with Gasteiger partial charge >= 0.3 is 0 Å². The molecule has 0 atom stereocenters. The van der Waals surface area contributed by atoms with Gasteiger partial charge in [-0.05, 0) is 47.3 Å². The van der Waals surface area contributed by atoms with Crippen LogP contribution in [0.2, 0.25) is 0 Å². The number of nitrogens with one attached hydrogen (secondary N) is 2. The van der Waals surface area contributed by atoms with E-state index in [1.54, 1.807) is 0 Å². The van der Waals surface area contributed by atoms with E-state index in [0.717, 1.165) is 11.3 Å². The number of fused-ring (bicyclic) bond motifs is 1. The predicted octanol–water partition coefficient (Wildman–Crippen LogP) is 4.18. The molecular weight excluding hydrogens is 300 g/mol. The van der Waals surface area contributed by atoms with E-state index in [-0.39, 0.29) is 0 Å². The fourth-order valence-electron chi connectivity index (χ4n) is 2.23. The molecule has 0 unspecified atom stereocenters. The van der Waals surface area contributed by atoms with Crippen molar-refractivity contribution in [3.63, 3.8) is 0 Å². The fourth-order valence-corrected chi connectivity index (χ4v) is 2.42. The molecule has 3 aromatic carbocycles. The van der Waals surface area contributed by atoms with Crippen molar-refractivity contribution < 1.29 is 0 Å². The molecule has 0 radical (unpaired) electrons. The minimum Gasteiger partial charge on any atom is -0.352 e. The van der Waals surface area contributed by atoms with E-state index < -0.39 is 0 Å². The molecule has 0 heterocycles. The van der Waals surface area contributed by atoms with Crippen LogP contribution in [-0.4, -0.2) is 11.7 Å². The van der Waals surface area contributed by atoms with Gasteiger partial charge in [0.1, 0.15) is 0 Å². The van der Waals surface area contributed by atoms with Crippen molar-refractivity contribution >= 4 is 33.8 Å². The summed E-state index contributed by atoms with van der Waals surface area (Å²) in [7, 11) is 0. The van der Waals surface area contributed by atoms with Crippen molar-refractivity contribution in [2.75, 3.05) is 11.9 Å². The van der Waals surface area contributed by atoms with Crippen molar-refractivity contribution in [3.8, 4) is 11.8 Å². The zero-order chi connectivity index (χ0) is 15.9. The van der Waals surface area contributed by atoms with Gasteiger partial charge in [-0.25, -0.2) is 0 Å². The first-order chi connectivity index (χ1) is 11.3. The molecular formula is C20H16N2S. The largest absolute Gasteiger partial charge is 0.352 e. The Bertz CT molecular complexity index is 876. The zero-order valence-corrected chi connectivity index (χ0v) is 13.4. The van der Waals surface area contributed by atoms with Crippen molar-refractivity contribution in [2.45, 2.75) is 0 Å². The van der Waals surface area contributed by atoms with Gasteiger partial charge < -0.3 is 10.6 Å². The van der Waals surface area contributed by atoms with E-state index in [1.807, 2.05) is 48.5 Å². The minimum atomic E-state index is 0.508. The average Bonchev–Trinajstić information content (AvgIpc) is 2.59. The predicted molar refractivity (Wildman–Crippen MR) is 101 cm³/mol. The topological polar surface area (TPSA) is 24.1 Å². The number of hydrogen-bond acceptors (Lipinski definition) is 1. The van der Waals surface area contributed by atoms with E-state index in [4.69, 9.17) is 12.2 Å². The lowest BCUT2D eigenvalue weighted by molar-refractivity contribution is 1.08. The highest BCUT2D eigenvalue weighted by atomic mass is 32.1. The molecule has 0 saturated heterocycles. The summed E-state index contributed by atoms with van der Waals surface area (Å²) in [6, 6.07) is 24.3. The molecule has 23 heavy (non-hydrogen) atoms. The highest BCUT2D eigenvalue weighted by Crippen LogP contribution is 2.18. The van der Waals surface area contributed by atoms with Crippen LogP contribution in [-0.2, 0) is 0 Å². The molecule has 3 heteroatoms. The molecule has 0 aliphatic heterocycles. The molecule has 0 aromatic heterocycles. The molecule has 0 aliphatic rings. The summed E-state index contributed by atoms with van der Waals surface area (Å²) in [5, 5.41) is 9.25. The van der Waals surface area contributed by atoms with E-state index in [0.29, 0.717) is 11.7 Å². The van der Waals surface area contributed by atoms with Crippen LogP contribution in [0.4, 0.5) is 5.69 Å². The van der Waals surface area contributed by atoms with Crippen LogP contribution in [0.5, 0.6) is 0 Å². The summed E-state index contributed by atoms with van der Waals surface area (Å²) in [6.07, 6.45) is 0. The van der Waals surface area contributed by atoms with Crippen LogP contribution in [0.3, 0.4) is 0 Å². The van der Waals surface area contributed by atoms with E-state index >= 15 is 0 Å². The summed E-state index contributed by atoms with van der Waals surface area (Å²) in [5.41, 5.74) is 1.97. The maximum atomic E-state index is 5.30. The van der Waals surface area contributed by atoms with Gasteiger partial charge in [0.25, 0.3) is 0 Å². The van der Waals surface area contributed by atoms with Gasteiger partial charge in [-0.2, -0.15) is 0 Å². The van der Waals surface area contributed by atoms with Gasteiger partial charge in [0.15, 0.2) is 5.11 Å². The van der Waals surface area contributed by atoms with Crippen molar-refractivity contribution in [1.29, 1.82) is 0 Å². The normalized spacial score (nSPS) is 9.74. The van der Waals surface area contributed by atoms with Gasteiger partial charge in [-0.15, -0.1) is 0 Å². The fraction of sp³-hybridized carbons (Fsp3) is 0.0500. The Morgan fingerprint density at radius 1 is 0.870 bits per heavy atom. The van der Waals surface area contributed by atoms with Crippen LogP contribution in [0, 0.1) is 11.8 Å². The van der Waals surface area contributed by atoms with Crippen LogP contribution in [0.15, 0.2) is 72.8 Å². The highest BCUT2D eigenvalue weighted by molar-refractivity contribution is 7.80. The van der Waals surface area contributed by atoms with Gasteiger partial charge in [0, 0.05) is 11.3 Å². The smallest absolute Gasteiger partial charge is 0.171 e. The van der Waals surface area contributed by atoms with Gasteiger partial charge in [-0.1, -0.05) is 60.4 Å². The standard InChI is InChI=1S/C20H16N2S/c23-20(21-14-6-9-16-7-2-1-3-8-16)22-19-13-12-17-10-4-5-11-18(17)15-19/h1-5,7-8,10-13,15H,14H2,(H2,21,22,23). The third-order valence-electron chi connectivity index (χ3n) is 3.35. The molecule has 0 saturated carbocycles. The molecule has 3 aromatic rings. The van der Waals surface area contributed by atoms with Crippen molar-refractivity contribution in [3.05, 3.63) is 78.4 Å². The summed E-state index contributed by atoms with van der Waals surface area (Å²) >= 11 is 5.30. The monoisotopic (exact) mass is 316 g/mol. The highest BCUT2D eigenvalue weighted by Gasteiger charge is 1.98. The van der Waals surface area contributed by atoms with Gasteiger partial charge in [0.05, 0.1) is 6.54 Å². The number of anilines is 1. The molecule has 112 valence electrons. The quantitative estimate of drug-likeness (QED) is 0.548. The number of benzene rings is 3. The van der Waals surface area contributed by atoms with Crippen molar-refractivity contribution in [1.82, 2.24) is 5.32 Å². The third kappa shape index (κ3) is 4.32. The Labute approximate surface area is 141 Å². The first-order valence-corrected chi connectivity index (χ1v) is 7.80. The first-order valence-electron chi connectivity index (χ1n) is 7.39. The Kier molecular flexibility index (Phi) is 4.88. The summed E-state index contributed by atoms with van der Waals surface area (Å²) in [5.74, 6) is 6.15. The Morgan fingerprint density at radius 3 is 2.43 bits per heavy atom. The Hall–Kier alpha value is -2.83. The van der Waals surface area contributed by atoms with Gasteiger partial charge in [-0.3, -0.25) is 0 Å². The lowest BCUT2D eigenvalue weighted by Crippen LogP contribution is -2.28. The Morgan fingerprint density at radius 2 is 1.61 bits per heavy atom. The lowest BCUT2D eigenvalue weighted by Gasteiger charge is -2.09. The second-order valence-corrected chi connectivity index (χ2v) is 5.45. The number of hydrogen-bond donors (Lipinski definition) is 2. The number of thiocarbonyl (C=S) groups is 1. The lowest BCUT2D eigenvalue weighted by atomic mass is 10.1. The molecule has 2 nitrogen and oxygen atoms in total. The third-order valence-corrected chi connectivity index (χ3v) is 3.60. The van der Waals surface area contributed by atoms with Crippen LogP contribution < -0.4 is 10.6 Å². The van der Waals surface area contributed by atoms with E-state index in [2.05, 4.69) is 46.7 Å². The summed E-state index contributed by atoms with van der Waals surface area (Å²) < 4.78 is 0.